The van der Waals surface area contributed by atoms with Gasteiger partial charge in [-0.15, -0.1) is 0 Å². The van der Waals surface area contributed by atoms with Crippen LogP contribution in [0.25, 0.3) is 0 Å². The minimum atomic E-state index is -3.66. The molecule has 0 saturated carbocycles. The molecule has 0 amide bonds. The fourth-order valence-electron chi connectivity index (χ4n) is 1.29. The van der Waals surface area contributed by atoms with Gasteiger partial charge in [0.25, 0.3) is 10.0 Å². The van der Waals surface area contributed by atoms with E-state index in [1.165, 1.54) is 23.3 Å². The Morgan fingerprint density at radius 3 is 2.88 bits per heavy atom. The smallest absolute Gasteiger partial charge is 0.266 e. The Morgan fingerprint density at radius 2 is 2.29 bits per heavy atom. The van der Waals surface area contributed by atoms with E-state index in [2.05, 4.69) is 20.0 Å². The lowest BCUT2D eigenvalue weighted by Crippen LogP contribution is -2.14. The largest absolute Gasteiger partial charge is 0.326 e. The summed E-state index contributed by atoms with van der Waals surface area (Å²) in [5.41, 5.74) is 6.04. The first kappa shape index (κ1) is 11.6. The van der Waals surface area contributed by atoms with Crippen molar-refractivity contribution in [3.8, 4) is 0 Å². The number of anilines is 1. The molecule has 0 aliphatic rings. The number of sulfonamides is 1. The van der Waals surface area contributed by atoms with E-state index in [1.54, 1.807) is 7.05 Å². The van der Waals surface area contributed by atoms with E-state index in [-0.39, 0.29) is 17.3 Å². The van der Waals surface area contributed by atoms with E-state index in [0.717, 1.165) is 0 Å². The van der Waals surface area contributed by atoms with E-state index in [1.807, 2.05) is 0 Å². The molecule has 0 spiro atoms. The Morgan fingerprint density at radius 1 is 1.53 bits per heavy atom. The normalized spacial score (nSPS) is 11.6. The molecular weight excluding hydrogens is 244 g/mol. The van der Waals surface area contributed by atoms with Gasteiger partial charge < -0.3 is 5.73 Å². The fraction of sp³-hybridized carbons (Fsp3) is 0.250. The van der Waals surface area contributed by atoms with E-state index < -0.39 is 10.0 Å². The summed E-state index contributed by atoms with van der Waals surface area (Å²) in [6, 6.07) is 0. The van der Waals surface area contributed by atoms with Gasteiger partial charge in [-0.1, -0.05) is 0 Å². The first-order chi connectivity index (χ1) is 8.03. The van der Waals surface area contributed by atoms with Crippen LogP contribution in [-0.2, 0) is 23.6 Å². The lowest BCUT2D eigenvalue weighted by molar-refractivity contribution is 0.600. The Kier molecular flexibility index (Phi) is 2.86. The molecule has 92 valence electrons. The third-order valence-corrected chi connectivity index (χ3v) is 3.47. The molecule has 0 radical (unpaired) electrons. The molecule has 2 rings (SSSR count). The summed E-state index contributed by atoms with van der Waals surface area (Å²) in [6.45, 7) is 0.196. The molecule has 0 unspecified atom stereocenters. The molecule has 2 heterocycles. The lowest BCUT2D eigenvalue weighted by Gasteiger charge is -2.04. The number of H-pyrrole nitrogens is 1. The van der Waals surface area contributed by atoms with E-state index in [9.17, 15) is 8.42 Å². The minimum absolute atomic E-state index is 0.0811. The van der Waals surface area contributed by atoms with Gasteiger partial charge in [-0.05, 0) is 0 Å². The van der Waals surface area contributed by atoms with Crippen LogP contribution in [0, 0.1) is 0 Å². The standard InChI is InChI=1S/C8H12N6O2S/c1-14-5-7(4-11-14)17(15,16)13-8-6(2-9)3-10-12-8/h3-5H,2,9H2,1H3,(H2,10,12,13). The number of aryl methyl sites for hydroxylation is 1. The summed E-state index contributed by atoms with van der Waals surface area (Å²) in [5.74, 6) is 0.274. The van der Waals surface area contributed by atoms with Crippen molar-refractivity contribution in [2.24, 2.45) is 12.8 Å². The quantitative estimate of drug-likeness (QED) is 0.675. The van der Waals surface area contributed by atoms with Crippen molar-refractivity contribution in [2.45, 2.75) is 11.4 Å². The Labute approximate surface area is 97.9 Å². The Bertz CT molecular complexity index is 614. The van der Waals surface area contributed by atoms with Crippen molar-refractivity contribution in [2.75, 3.05) is 4.72 Å². The van der Waals surface area contributed by atoms with E-state index in [0.29, 0.717) is 5.56 Å². The lowest BCUT2D eigenvalue weighted by atomic mass is 10.3. The predicted octanol–water partition coefficient (Wildman–Crippen LogP) is -0.597. The van der Waals surface area contributed by atoms with E-state index in [4.69, 9.17) is 5.73 Å². The fourth-order valence-corrected chi connectivity index (χ4v) is 2.33. The number of hydrogen-bond donors (Lipinski definition) is 3. The van der Waals surface area contributed by atoms with Crippen LogP contribution in [0.5, 0.6) is 0 Å². The number of nitrogens with one attached hydrogen (secondary N) is 2. The maximum Gasteiger partial charge on any atom is 0.266 e. The van der Waals surface area contributed by atoms with E-state index >= 15 is 0 Å². The van der Waals surface area contributed by atoms with Gasteiger partial charge in [0.15, 0.2) is 0 Å². The van der Waals surface area contributed by atoms with Crippen LogP contribution >= 0.6 is 0 Å². The summed E-state index contributed by atoms with van der Waals surface area (Å²) < 4.78 is 27.6. The molecule has 0 fully saturated rings. The molecule has 8 nitrogen and oxygen atoms in total. The third kappa shape index (κ3) is 2.29. The zero-order valence-electron chi connectivity index (χ0n) is 9.08. The van der Waals surface area contributed by atoms with Crippen molar-refractivity contribution < 1.29 is 8.42 Å². The van der Waals surface area contributed by atoms with Gasteiger partial charge in [0, 0.05) is 25.4 Å². The number of hydrogen-bond acceptors (Lipinski definition) is 5. The average Bonchev–Trinajstić information content (AvgIpc) is 2.86. The van der Waals surface area contributed by atoms with Crippen LogP contribution < -0.4 is 10.5 Å². The van der Waals surface area contributed by atoms with Crippen molar-refractivity contribution in [1.29, 1.82) is 0 Å². The maximum atomic E-state index is 11.9. The molecule has 0 aliphatic carbocycles. The highest BCUT2D eigenvalue weighted by atomic mass is 32.2. The van der Waals surface area contributed by atoms with Crippen LogP contribution in [0.1, 0.15) is 5.56 Å². The first-order valence-corrected chi connectivity index (χ1v) is 6.25. The summed E-state index contributed by atoms with van der Waals surface area (Å²) in [4.78, 5) is 0.0811. The van der Waals surface area contributed by atoms with Crippen LogP contribution in [0.2, 0.25) is 0 Å². The summed E-state index contributed by atoms with van der Waals surface area (Å²) in [6.07, 6.45) is 4.14. The topological polar surface area (TPSA) is 119 Å². The highest BCUT2D eigenvalue weighted by Gasteiger charge is 2.18. The van der Waals surface area contributed by atoms with Gasteiger partial charge in [-0.2, -0.15) is 10.2 Å². The molecule has 0 atom stereocenters. The second kappa shape index (κ2) is 4.18. The van der Waals surface area contributed by atoms with Crippen molar-refractivity contribution in [1.82, 2.24) is 20.0 Å². The van der Waals surface area contributed by atoms with Crippen molar-refractivity contribution in [3.05, 3.63) is 24.2 Å². The first-order valence-electron chi connectivity index (χ1n) is 4.76. The number of rotatable bonds is 4. The second-order valence-electron chi connectivity index (χ2n) is 3.43. The molecule has 9 heteroatoms. The van der Waals surface area contributed by atoms with Gasteiger partial charge in [0.1, 0.15) is 10.7 Å². The second-order valence-corrected chi connectivity index (χ2v) is 5.11. The predicted molar refractivity (Wildman–Crippen MR) is 60.5 cm³/mol. The molecular formula is C8H12N6O2S. The highest BCUT2D eigenvalue weighted by molar-refractivity contribution is 7.92. The molecule has 2 aromatic heterocycles. The molecule has 0 saturated heterocycles. The minimum Gasteiger partial charge on any atom is -0.326 e. The van der Waals surface area contributed by atoms with Crippen LogP contribution in [-0.4, -0.2) is 28.4 Å². The molecule has 2 aromatic rings. The molecule has 4 N–H and O–H groups in total. The van der Waals surface area contributed by atoms with Crippen LogP contribution in [0.3, 0.4) is 0 Å². The SMILES string of the molecule is Cn1cc(S(=O)(=O)Nc2[nH]ncc2CN)cn1. The van der Waals surface area contributed by atoms with Crippen LogP contribution in [0.4, 0.5) is 5.82 Å². The van der Waals surface area contributed by atoms with Crippen molar-refractivity contribution >= 4 is 15.8 Å². The van der Waals surface area contributed by atoms with Crippen molar-refractivity contribution in [3.63, 3.8) is 0 Å². The summed E-state index contributed by atoms with van der Waals surface area (Å²) >= 11 is 0. The third-order valence-electron chi connectivity index (χ3n) is 2.17. The van der Waals surface area contributed by atoms with Gasteiger partial charge in [-0.25, -0.2) is 8.42 Å². The van der Waals surface area contributed by atoms with Gasteiger partial charge >= 0.3 is 0 Å². The Hall–Kier alpha value is -1.87. The maximum absolute atomic E-state index is 11.9. The summed E-state index contributed by atoms with van der Waals surface area (Å²) in [5, 5.41) is 10.1. The molecule has 17 heavy (non-hydrogen) atoms. The number of aromatic nitrogens is 4. The van der Waals surface area contributed by atoms with Crippen LogP contribution in [0.15, 0.2) is 23.5 Å². The monoisotopic (exact) mass is 256 g/mol. The van der Waals surface area contributed by atoms with Gasteiger partial charge in [0.2, 0.25) is 0 Å². The average molecular weight is 256 g/mol. The summed E-state index contributed by atoms with van der Waals surface area (Å²) in [7, 11) is -2.02. The highest BCUT2D eigenvalue weighted by Crippen LogP contribution is 2.16. The number of nitrogens with two attached hydrogens (primary N) is 1. The molecule has 0 aliphatic heterocycles. The zero-order chi connectivity index (χ0) is 12.5. The number of nitrogens with zero attached hydrogens (tertiary/aromatic N) is 3. The molecule has 0 aromatic carbocycles. The van der Waals surface area contributed by atoms with Gasteiger partial charge in [-0.3, -0.25) is 14.5 Å². The van der Waals surface area contributed by atoms with Gasteiger partial charge in [0.05, 0.1) is 12.4 Å². The Balaban J connectivity index is 2.29. The number of aromatic amines is 1. The zero-order valence-corrected chi connectivity index (χ0v) is 9.90. The molecule has 0 bridgehead atoms.